The number of hydrogen-bond donors (Lipinski definition) is 2. The van der Waals surface area contributed by atoms with Crippen LogP contribution in [0.4, 0.5) is 19.0 Å². The van der Waals surface area contributed by atoms with E-state index < -0.39 is 12.1 Å². The van der Waals surface area contributed by atoms with Crippen molar-refractivity contribution in [1.29, 1.82) is 0 Å². The van der Waals surface area contributed by atoms with E-state index in [-0.39, 0.29) is 24.2 Å². The summed E-state index contributed by atoms with van der Waals surface area (Å²) in [4.78, 5) is 27.2. The molecule has 1 amide bonds. The first-order chi connectivity index (χ1) is 14.6. The maximum absolute atomic E-state index is 12.1. The third-order valence-corrected chi connectivity index (χ3v) is 5.09. The lowest BCUT2D eigenvalue weighted by Gasteiger charge is -2.38. The number of carbonyl (C=O) groups is 2. The van der Waals surface area contributed by atoms with E-state index in [1.54, 1.807) is 6.20 Å². The van der Waals surface area contributed by atoms with Crippen LogP contribution in [-0.2, 0) is 19.1 Å². The second-order valence-corrected chi connectivity index (χ2v) is 7.42. The molecule has 1 spiro atoms. The number of aliphatic carboxylic acids is 1. The second kappa shape index (κ2) is 11.3. The van der Waals surface area contributed by atoms with E-state index in [9.17, 15) is 18.0 Å². The third kappa shape index (κ3) is 7.98. The minimum Gasteiger partial charge on any atom is -0.475 e. The molecule has 1 aromatic heterocycles. The summed E-state index contributed by atoms with van der Waals surface area (Å²) in [6.07, 6.45) is 1.01. The summed E-state index contributed by atoms with van der Waals surface area (Å²) in [6.45, 7) is 4.87. The molecule has 31 heavy (non-hydrogen) atoms. The van der Waals surface area contributed by atoms with Gasteiger partial charge >= 0.3 is 12.1 Å². The number of nitrogens with zero attached hydrogens (tertiary/aromatic N) is 2. The van der Waals surface area contributed by atoms with Gasteiger partial charge in [-0.05, 0) is 44.7 Å². The number of rotatable bonds is 6. The summed E-state index contributed by atoms with van der Waals surface area (Å²) in [7, 11) is 0. The molecule has 0 unspecified atom stereocenters. The molecule has 0 saturated carbocycles. The van der Waals surface area contributed by atoms with Crippen LogP contribution in [0.3, 0.4) is 0 Å². The van der Waals surface area contributed by atoms with Crippen molar-refractivity contribution in [3.8, 4) is 0 Å². The summed E-state index contributed by atoms with van der Waals surface area (Å²) in [5.41, 5.74) is -0.170. The first-order valence-corrected chi connectivity index (χ1v) is 10.1. The van der Waals surface area contributed by atoms with Crippen LogP contribution in [0.2, 0.25) is 0 Å². The quantitative estimate of drug-likeness (QED) is 0.692. The molecule has 2 fully saturated rings. The maximum atomic E-state index is 12.1. The molecule has 11 heteroatoms. The summed E-state index contributed by atoms with van der Waals surface area (Å²) in [6, 6.07) is 5.84. The summed E-state index contributed by atoms with van der Waals surface area (Å²) >= 11 is 0. The molecule has 2 aliphatic rings. The number of anilines is 1. The van der Waals surface area contributed by atoms with Gasteiger partial charge in [0.05, 0.1) is 11.7 Å². The molecule has 0 aliphatic carbocycles. The number of carbonyl (C=O) groups excluding carboxylic acids is 1. The van der Waals surface area contributed by atoms with Gasteiger partial charge in [0.2, 0.25) is 5.91 Å². The molecule has 8 nitrogen and oxygen atoms in total. The van der Waals surface area contributed by atoms with Crippen LogP contribution in [0, 0.1) is 0 Å². The number of carboxylic acids is 1. The minimum absolute atomic E-state index is 0.0751. The molecule has 2 saturated heterocycles. The zero-order chi connectivity index (χ0) is 22.9. The van der Waals surface area contributed by atoms with Crippen molar-refractivity contribution in [1.82, 2.24) is 9.88 Å². The molecule has 2 atom stereocenters. The topological polar surface area (TPSA) is 101 Å². The molecule has 3 heterocycles. The number of alkyl halides is 3. The first-order valence-electron chi connectivity index (χ1n) is 10.1. The molecule has 174 valence electrons. The molecule has 2 aliphatic heterocycles. The first kappa shape index (κ1) is 24.9. The van der Waals surface area contributed by atoms with Crippen LogP contribution in [-0.4, -0.2) is 77.6 Å². The van der Waals surface area contributed by atoms with E-state index >= 15 is 0 Å². The van der Waals surface area contributed by atoms with E-state index in [1.807, 2.05) is 30.0 Å². The highest BCUT2D eigenvalue weighted by Crippen LogP contribution is 2.36. The van der Waals surface area contributed by atoms with Gasteiger partial charge in [-0.15, -0.1) is 0 Å². The molecule has 2 N–H and O–H groups in total. The predicted molar refractivity (Wildman–Crippen MR) is 106 cm³/mol. The van der Waals surface area contributed by atoms with Crippen molar-refractivity contribution in [2.75, 3.05) is 38.2 Å². The normalized spacial score (nSPS) is 23.2. The molecular formula is C20H28F3N3O5. The average Bonchev–Trinajstić information content (AvgIpc) is 3.14. The molecule has 0 radical (unpaired) electrons. The number of carboxylic acid groups (broad SMARTS) is 1. The molecule has 3 rings (SSSR count). The van der Waals surface area contributed by atoms with E-state index in [1.165, 1.54) is 0 Å². The van der Waals surface area contributed by atoms with Crippen molar-refractivity contribution in [3.05, 3.63) is 24.4 Å². The van der Waals surface area contributed by atoms with Gasteiger partial charge in [0, 0.05) is 32.4 Å². The van der Waals surface area contributed by atoms with Crippen LogP contribution >= 0.6 is 0 Å². The van der Waals surface area contributed by atoms with Gasteiger partial charge in [0.15, 0.2) is 0 Å². The third-order valence-electron chi connectivity index (χ3n) is 5.09. The lowest BCUT2D eigenvalue weighted by atomic mass is 9.90. The number of ether oxygens (including phenoxy) is 2. The Morgan fingerprint density at radius 1 is 1.39 bits per heavy atom. The fraction of sp³-hybridized carbons (Fsp3) is 0.650. The largest absolute Gasteiger partial charge is 0.490 e. The van der Waals surface area contributed by atoms with E-state index in [4.69, 9.17) is 19.4 Å². The Kier molecular flexibility index (Phi) is 9.05. The van der Waals surface area contributed by atoms with Gasteiger partial charge < -0.3 is 24.8 Å². The van der Waals surface area contributed by atoms with Gasteiger partial charge in [-0.25, -0.2) is 9.78 Å². The lowest BCUT2D eigenvalue weighted by molar-refractivity contribution is -0.192. The van der Waals surface area contributed by atoms with Crippen molar-refractivity contribution < 1.29 is 37.3 Å². The molecule has 0 bridgehead atoms. The predicted octanol–water partition coefficient (Wildman–Crippen LogP) is 2.70. The summed E-state index contributed by atoms with van der Waals surface area (Å²) < 4.78 is 43.4. The summed E-state index contributed by atoms with van der Waals surface area (Å²) in [5, 5.41) is 10.5. The van der Waals surface area contributed by atoms with Gasteiger partial charge in [0.25, 0.3) is 0 Å². The van der Waals surface area contributed by atoms with Crippen molar-refractivity contribution >= 4 is 17.7 Å². The fourth-order valence-electron chi connectivity index (χ4n) is 3.59. The Balaban J connectivity index is 0.000000423. The number of nitrogens with one attached hydrogen (secondary N) is 1. The van der Waals surface area contributed by atoms with Gasteiger partial charge in [-0.3, -0.25) is 4.79 Å². The van der Waals surface area contributed by atoms with Crippen LogP contribution in [0.25, 0.3) is 0 Å². The SMILES string of the molecule is CCOCC(=O)N1CC[C@]2(CCC[C@@H](CNc3ccccn3)O2)C1.O=C(O)C(F)(F)F. The van der Waals surface area contributed by atoms with Crippen LogP contribution in [0.15, 0.2) is 24.4 Å². The number of pyridine rings is 1. The van der Waals surface area contributed by atoms with Gasteiger partial charge in [-0.2, -0.15) is 13.2 Å². The number of halogens is 3. The maximum Gasteiger partial charge on any atom is 0.490 e. The highest BCUT2D eigenvalue weighted by Gasteiger charge is 2.44. The van der Waals surface area contributed by atoms with E-state index in [0.717, 1.165) is 44.6 Å². The Bertz CT molecular complexity index is 720. The highest BCUT2D eigenvalue weighted by molar-refractivity contribution is 5.77. The summed E-state index contributed by atoms with van der Waals surface area (Å²) in [5.74, 6) is -1.81. The van der Waals surface area contributed by atoms with Crippen molar-refractivity contribution in [3.63, 3.8) is 0 Å². The van der Waals surface area contributed by atoms with Crippen molar-refractivity contribution in [2.24, 2.45) is 0 Å². The Hall–Kier alpha value is -2.40. The highest BCUT2D eigenvalue weighted by atomic mass is 19.4. The standard InChI is InChI=1S/C18H27N3O3.C2HF3O2/c1-2-23-13-17(22)21-11-9-18(14-21)8-5-6-15(24-18)12-20-16-7-3-4-10-19-16;3-2(4,5)1(6)7/h3-4,7,10,15H,2,5-6,8-9,11-14H2,1H3,(H,19,20);(H,6,7)/t15-,18+;/m0./s1. The average molecular weight is 447 g/mol. The number of aromatic nitrogens is 1. The molecule has 1 aromatic rings. The van der Waals surface area contributed by atoms with Crippen LogP contribution < -0.4 is 5.32 Å². The second-order valence-electron chi connectivity index (χ2n) is 7.42. The Morgan fingerprint density at radius 2 is 2.13 bits per heavy atom. The van der Waals surface area contributed by atoms with Crippen LogP contribution in [0.5, 0.6) is 0 Å². The molecule has 0 aromatic carbocycles. The fourth-order valence-corrected chi connectivity index (χ4v) is 3.59. The Morgan fingerprint density at radius 3 is 2.74 bits per heavy atom. The molecular weight excluding hydrogens is 419 g/mol. The monoisotopic (exact) mass is 447 g/mol. The zero-order valence-electron chi connectivity index (χ0n) is 17.4. The van der Waals surface area contributed by atoms with Gasteiger partial charge in [-0.1, -0.05) is 6.07 Å². The van der Waals surface area contributed by atoms with Crippen LogP contribution in [0.1, 0.15) is 32.6 Å². The number of amides is 1. The van der Waals surface area contributed by atoms with Crippen molar-refractivity contribution in [2.45, 2.75) is 50.5 Å². The van der Waals surface area contributed by atoms with E-state index in [2.05, 4.69) is 10.3 Å². The van der Waals surface area contributed by atoms with Gasteiger partial charge in [0.1, 0.15) is 12.4 Å². The number of likely N-dealkylation sites (tertiary alicyclic amines) is 1. The minimum atomic E-state index is -5.08. The lowest BCUT2D eigenvalue weighted by Crippen LogP contribution is -2.46. The smallest absolute Gasteiger partial charge is 0.475 e. The zero-order valence-corrected chi connectivity index (χ0v) is 17.4. The van der Waals surface area contributed by atoms with E-state index in [0.29, 0.717) is 13.2 Å². The Labute approximate surface area is 178 Å². The number of hydrogen-bond acceptors (Lipinski definition) is 6.